The first kappa shape index (κ1) is 50.4. The van der Waals surface area contributed by atoms with Gasteiger partial charge in [-0.05, 0) is 161 Å². The van der Waals surface area contributed by atoms with Gasteiger partial charge in [-0.1, -0.05) is 214 Å². The van der Waals surface area contributed by atoms with E-state index in [1.54, 1.807) is 0 Å². The van der Waals surface area contributed by atoms with E-state index in [-0.39, 0.29) is 13.4 Å². The Hall–Kier alpha value is -8.55. The zero-order valence-electron chi connectivity index (χ0n) is 46.7. The third-order valence-corrected chi connectivity index (χ3v) is 19.7. The van der Waals surface area contributed by atoms with Gasteiger partial charge >= 0.3 is 0 Å². The maximum atomic E-state index is 2.65. The SMILES string of the molecule is CCc1ccccc1N(c1cc2c3c(c1)N(c1ccccc1)c1ccccc1B3c1cc3c(cc1S2)Sc1cc(N(c2ccccc2CC)c2ccccc2CC)cc2c1B3c1ccccc1N2c1ccccc1)c1ccccc1CC. The fourth-order valence-corrected chi connectivity index (χ4v) is 16.3. The molecule has 0 saturated carbocycles. The summed E-state index contributed by atoms with van der Waals surface area (Å²) in [6.07, 6.45) is 3.70. The van der Waals surface area contributed by atoms with E-state index in [1.807, 2.05) is 23.5 Å². The summed E-state index contributed by atoms with van der Waals surface area (Å²) in [7, 11) is 0. The molecular formula is C74H60B2N4S2. The van der Waals surface area contributed by atoms with Crippen molar-refractivity contribution in [2.75, 3.05) is 19.6 Å². The number of hydrogen-bond donors (Lipinski definition) is 0. The van der Waals surface area contributed by atoms with Gasteiger partial charge < -0.3 is 19.6 Å². The molecule has 0 saturated heterocycles. The average Bonchev–Trinajstić information content (AvgIpc) is 1.16. The first-order chi connectivity index (χ1) is 40.5. The molecule has 0 aliphatic carbocycles. The molecule has 0 bridgehead atoms. The van der Waals surface area contributed by atoms with Gasteiger partial charge in [-0.25, -0.2) is 0 Å². The van der Waals surface area contributed by atoms with Crippen molar-refractivity contribution >= 4 is 138 Å². The van der Waals surface area contributed by atoms with Crippen LogP contribution in [0.1, 0.15) is 49.9 Å². The Balaban J connectivity index is 0.978. The maximum absolute atomic E-state index is 2.65. The van der Waals surface area contributed by atoms with Crippen LogP contribution in [0.3, 0.4) is 0 Å². The van der Waals surface area contributed by atoms with Crippen LogP contribution in [0, 0.1) is 0 Å². The maximum Gasteiger partial charge on any atom is 0.249 e. The van der Waals surface area contributed by atoms with Crippen LogP contribution in [0.2, 0.25) is 0 Å². The number of fused-ring (bicyclic) bond motifs is 8. The molecule has 0 unspecified atom stereocenters. The lowest BCUT2D eigenvalue weighted by Gasteiger charge is -2.43. The van der Waals surface area contributed by atoms with Crippen molar-refractivity contribution in [2.45, 2.75) is 73.0 Å². The van der Waals surface area contributed by atoms with Crippen LogP contribution >= 0.6 is 23.5 Å². The molecule has 0 amide bonds. The van der Waals surface area contributed by atoms with Crippen LogP contribution in [0.5, 0.6) is 0 Å². The average molecular weight is 1090 g/mol. The second-order valence-electron chi connectivity index (χ2n) is 21.8. The summed E-state index contributed by atoms with van der Waals surface area (Å²) < 4.78 is 0. The van der Waals surface area contributed by atoms with E-state index >= 15 is 0 Å². The molecule has 4 heterocycles. The topological polar surface area (TPSA) is 13.0 Å². The number of anilines is 12. The molecule has 0 fully saturated rings. The third kappa shape index (κ3) is 8.08. The molecule has 0 spiro atoms. The molecule has 4 aliphatic heterocycles. The van der Waals surface area contributed by atoms with Crippen molar-refractivity contribution < 1.29 is 0 Å². The van der Waals surface area contributed by atoms with Gasteiger partial charge in [0.15, 0.2) is 0 Å². The second-order valence-corrected chi connectivity index (χ2v) is 24.0. The fraction of sp³-hybridized carbons (Fsp3) is 0.108. The smallest absolute Gasteiger partial charge is 0.249 e. The van der Waals surface area contributed by atoms with E-state index in [1.165, 1.54) is 120 Å². The Labute approximate surface area is 492 Å². The zero-order valence-corrected chi connectivity index (χ0v) is 48.3. The molecular weight excluding hydrogens is 1030 g/mol. The summed E-state index contributed by atoms with van der Waals surface area (Å²) >= 11 is 3.91. The van der Waals surface area contributed by atoms with Gasteiger partial charge in [-0.2, -0.15) is 0 Å². The minimum Gasteiger partial charge on any atom is -0.311 e. The minimum atomic E-state index is -0.00482. The molecule has 0 aromatic heterocycles. The van der Waals surface area contributed by atoms with Crippen molar-refractivity contribution in [3.8, 4) is 0 Å². The van der Waals surface area contributed by atoms with Crippen LogP contribution in [0.25, 0.3) is 0 Å². The van der Waals surface area contributed by atoms with E-state index < -0.39 is 0 Å². The van der Waals surface area contributed by atoms with Crippen LogP contribution in [-0.4, -0.2) is 13.4 Å². The van der Waals surface area contributed by atoms with Crippen molar-refractivity contribution in [2.24, 2.45) is 0 Å². The van der Waals surface area contributed by atoms with Crippen LogP contribution in [0.4, 0.5) is 68.2 Å². The van der Waals surface area contributed by atoms with Gasteiger partial charge in [0, 0.05) is 87.8 Å². The van der Waals surface area contributed by atoms with Crippen LogP contribution < -0.4 is 52.4 Å². The minimum absolute atomic E-state index is 0.00482. The molecule has 0 atom stereocenters. The van der Waals surface area contributed by atoms with Gasteiger partial charge in [-0.3, -0.25) is 0 Å². The number of nitrogens with zero attached hydrogens (tertiary/aromatic N) is 4. The Morgan fingerprint density at radius 2 is 0.634 bits per heavy atom. The third-order valence-electron chi connectivity index (χ3n) is 17.4. The Bertz CT molecular complexity index is 3930. The monoisotopic (exact) mass is 1090 g/mol. The standard InChI is InChI=1S/C74H60B2N4S2/c1-5-49-27-15-21-37-61(49)79(62-38-22-16-28-50(62)6-2)55-43-67-73-71(45-55)81-69-48-70-60(47-59(69)75(73)57-35-19-25-41-65(57)77(67)53-31-11-9-12-32-53)76-58-36-20-26-42-66(58)78(54-33-13-10-14-34-54)68-44-56(46-72(82-70)74(68)76)80(63-39-23-17-29-51(63)7-3)64-40-24-18-30-52(64)8-4/h9-48H,5-8H2,1-4H3. The van der Waals surface area contributed by atoms with Crippen molar-refractivity contribution in [1.82, 2.24) is 0 Å². The zero-order chi connectivity index (χ0) is 55.0. The fourth-order valence-electron chi connectivity index (χ4n) is 13.8. The Kier molecular flexibility index (Phi) is 12.8. The second kappa shape index (κ2) is 20.8. The molecule has 4 nitrogen and oxygen atoms in total. The number of benzene rings is 11. The molecule has 11 aromatic rings. The molecule has 8 heteroatoms. The summed E-state index contributed by atoms with van der Waals surface area (Å²) in [6.45, 7) is 9.11. The summed E-state index contributed by atoms with van der Waals surface area (Å²) in [5.41, 5.74) is 27.8. The molecule has 15 rings (SSSR count). The van der Waals surface area contributed by atoms with Crippen LogP contribution in [-0.2, 0) is 25.7 Å². The quantitative estimate of drug-likeness (QED) is 0.112. The van der Waals surface area contributed by atoms with E-state index in [4.69, 9.17) is 0 Å². The van der Waals surface area contributed by atoms with E-state index in [0.717, 1.165) is 48.4 Å². The lowest BCUT2D eigenvalue weighted by atomic mass is 9.32. The summed E-state index contributed by atoms with van der Waals surface area (Å²) in [6, 6.07) is 91.8. The van der Waals surface area contributed by atoms with Gasteiger partial charge in [0.25, 0.3) is 0 Å². The summed E-state index contributed by atoms with van der Waals surface area (Å²) in [4.78, 5) is 15.4. The van der Waals surface area contributed by atoms with Crippen molar-refractivity contribution in [3.63, 3.8) is 0 Å². The van der Waals surface area contributed by atoms with E-state index in [0.29, 0.717) is 0 Å². The molecule has 4 aliphatic rings. The Morgan fingerprint density at radius 3 is 1.00 bits per heavy atom. The number of para-hydroxylation sites is 8. The van der Waals surface area contributed by atoms with E-state index in [9.17, 15) is 0 Å². The van der Waals surface area contributed by atoms with Crippen LogP contribution in [0.15, 0.2) is 262 Å². The van der Waals surface area contributed by atoms with Crippen molar-refractivity contribution in [3.05, 3.63) is 265 Å². The summed E-state index contributed by atoms with van der Waals surface area (Å²) in [5, 5.41) is 0. The highest BCUT2D eigenvalue weighted by Crippen LogP contribution is 2.51. The molecule has 394 valence electrons. The number of aryl methyl sites for hydroxylation is 4. The lowest BCUT2D eigenvalue weighted by molar-refractivity contribution is 1.08. The first-order valence-corrected chi connectivity index (χ1v) is 30.9. The largest absolute Gasteiger partial charge is 0.311 e. The molecule has 11 aromatic carbocycles. The normalized spacial score (nSPS) is 13.1. The highest BCUT2D eigenvalue weighted by Gasteiger charge is 2.46. The van der Waals surface area contributed by atoms with Gasteiger partial charge in [-0.15, -0.1) is 0 Å². The van der Waals surface area contributed by atoms with E-state index in [2.05, 4.69) is 290 Å². The highest BCUT2D eigenvalue weighted by molar-refractivity contribution is 8.01. The molecule has 0 N–H and O–H groups in total. The molecule has 82 heavy (non-hydrogen) atoms. The Morgan fingerprint density at radius 1 is 0.305 bits per heavy atom. The van der Waals surface area contributed by atoms with Gasteiger partial charge in [0.1, 0.15) is 0 Å². The number of rotatable bonds is 12. The highest BCUT2D eigenvalue weighted by atomic mass is 32.2. The first-order valence-electron chi connectivity index (χ1n) is 29.2. The van der Waals surface area contributed by atoms with Gasteiger partial charge in [0.05, 0.1) is 0 Å². The van der Waals surface area contributed by atoms with Crippen molar-refractivity contribution in [1.29, 1.82) is 0 Å². The lowest BCUT2D eigenvalue weighted by Crippen LogP contribution is -2.63. The predicted molar refractivity (Wildman–Crippen MR) is 353 cm³/mol. The number of hydrogen-bond acceptors (Lipinski definition) is 6. The summed E-state index contributed by atoms with van der Waals surface area (Å²) in [5.74, 6) is 0. The molecule has 0 radical (unpaired) electrons. The predicted octanol–water partition coefficient (Wildman–Crippen LogP) is 16.4. The van der Waals surface area contributed by atoms with Gasteiger partial charge in [0.2, 0.25) is 13.4 Å².